The van der Waals surface area contributed by atoms with Crippen molar-refractivity contribution in [3.05, 3.63) is 58.6 Å². The number of halogens is 3. The topological polar surface area (TPSA) is 92.8 Å². The summed E-state index contributed by atoms with van der Waals surface area (Å²) >= 11 is 6.05. The number of sulfonamides is 1. The summed E-state index contributed by atoms with van der Waals surface area (Å²) in [4.78, 5) is 24.4. The molecule has 0 fully saturated rings. The normalized spacial score (nSPS) is 12.2. The van der Waals surface area contributed by atoms with E-state index in [4.69, 9.17) is 16.3 Å². The minimum Gasteiger partial charge on any atom is -0.462 e. The quantitative estimate of drug-likeness (QED) is 0.637. The lowest BCUT2D eigenvalue weighted by molar-refractivity contribution is -0.116. The number of carbonyl (C=O) groups excluding carboxylic acids is 2. The van der Waals surface area contributed by atoms with Crippen molar-refractivity contribution < 1.29 is 31.5 Å². The van der Waals surface area contributed by atoms with Crippen LogP contribution in [0.4, 0.5) is 20.2 Å². The second kappa shape index (κ2) is 9.40. The molecule has 0 bridgehead atoms. The predicted molar refractivity (Wildman–Crippen MR) is 109 cm³/mol. The summed E-state index contributed by atoms with van der Waals surface area (Å²) in [5.41, 5.74) is 0.0856. The van der Waals surface area contributed by atoms with Crippen LogP contribution < -0.4 is 9.62 Å². The van der Waals surface area contributed by atoms with Gasteiger partial charge in [-0.2, -0.15) is 0 Å². The van der Waals surface area contributed by atoms with Gasteiger partial charge in [-0.15, -0.1) is 0 Å². The van der Waals surface area contributed by atoms with E-state index in [1.54, 1.807) is 6.92 Å². The van der Waals surface area contributed by atoms with Gasteiger partial charge in [-0.1, -0.05) is 11.6 Å². The average molecular weight is 461 g/mol. The standard InChI is InChI=1S/C19H19ClF2N2O5S/c1-4-29-19(26)14-7-5-12(9-15(14)20)23-18(25)11(2)24(30(3,27)28)13-6-8-16(21)17(22)10-13/h5-11H,4H2,1-3H3,(H,23,25)/t11-/m1/s1. The van der Waals surface area contributed by atoms with Gasteiger partial charge in [-0.25, -0.2) is 22.0 Å². The molecule has 0 heterocycles. The molecule has 2 aromatic carbocycles. The third kappa shape index (κ3) is 5.45. The fourth-order valence-electron chi connectivity index (χ4n) is 2.64. The van der Waals surface area contributed by atoms with E-state index in [1.807, 2.05) is 0 Å². The maximum atomic E-state index is 13.6. The number of carbonyl (C=O) groups is 2. The van der Waals surface area contributed by atoms with Crippen molar-refractivity contribution in [3.8, 4) is 0 Å². The molecule has 0 saturated carbocycles. The summed E-state index contributed by atoms with van der Waals surface area (Å²) < 4.78 is 56.8. The Bertz CT molecular complexity index is 1080. The van der Waals surface area contributed by atoms with Gasteiger partial charge in [0.15, 0.2) is 11.6 Å². The van der Waals surface area contributed by atoms with Crippen LogP contribution in [0.25, 0.3) is 0 Å². The second-order valence-electron chi connectivity index (χ2n) is 6.24. The van der Waals surface area contributed by atoms with Crippen LogP contribution in [0.5, 0.6) is 0 Å². The summed E-state index contributed by atoms with van der Waals surface area (Å²) in [6, 6.07) is 5.24. The molecule has 0 aliphatic carbocycles. The number of esters is 1. The Morgan fingerprint density at radius 2 is 1.83 bits per heavy atom. The van der Waals surface area contributed by atoms with Crippen molar-refractivity contribution in [2.24, 2.45) is 0 Å². The minimum atomic E-state index is -4.02. The highest BCUT2D eigenvalue weighted by molar-refractivity contribution is 7.92. The molecule has 1 N–H and O–H groups in total. The summed E-state index contributed by atoms with van der Waals surface area (Å²) in [6.45, 7) is 3.09. The number of anilines is 2. The maximum absolute atomic E-state index is 13.6. The lowest BCUT2D eigenvalue weighted by atomic mass is 10.2. The molecule has 7 nitrogen and oxygen atoms in total. The van der Waals surface area contributed by atoms with Gasteiger partial charge in [0, 0.05) is 11.8 Å². The summed E-state index contributed by atoms with van der Waals surface area (Å²) in [5, 5.41) is 2.51. The van der Waals surface area contributed by atoms with E-state index >= 15 is 0 Å². The molecular formula is C19H19ClF2N2O5S. The van der Waals surface area contributed by atoms with Crippen molar-refractivity contribution >= 4 is 44.9 Å². The van der Waals surface area contributed by atoms with Gasteiger partial charge in [-0.3, -0.25) is 9.10 Å². The average Bonchev–Trinajstić information content (AvgIpc) is 2.63. The molecule has 0 spiro atoms. The Balaban J connectivity index is 2.28. The molecular weight excluding hydrogens is 442 g/mol. The van der Waals surface area contributed by atoms with Gasteiger partial charge >= 0.3 is 5.97 Å². The number of rotatable bonds is 7. The molecule has 0 saturated heterocycles. The van der Waals surface area contributed by atoms with Crippen LogP contribution in [0.2, 0.25) is 5.02 Å². The zero-order valence-electron chi connectivity index (χ0n) is 16.3. The Morgan fingerprint density at radius 3 is 2.37 bits per heavy atom. The Morgan fingerprint density at radius 1 is 1.17 bits per heavy atom. The van der Waals surface area contributed by atoms with Crippen molar-refractivity contribution in [2.75, 3.05) is 22.5 Å². The van der Waals surface area contributed by atoms with E-state index in [0.717, 1.165) is 18.4 Å². The van der Waals surface area contributed by atoms with Crippen molar-refractivity contribution in [3.63, 3.8) is 0 Å². The van der Waals surface area contributed by atoms with Crippen LogP contribution in [0, 0.1) is 11.6 Å². The summed E-state index contributed by atoms with van der Waals surface area (Å²) in [6.07, 6.45) is 0.836. The Labute approximate surface area is 177 Å². The first-order valence-electron chi connectivity index (χ1n) is 8.67. The number of ether oxygens (including phenoxy) is 1. The predicted octanol–water partition coefficient (Wildman–Crippen LogP) is 3.59. The molecule has 11 heteroatoms. The highest BCUT2D eigenvalue weighted by Gasteiger charge is 2.30. The van der Waals surface area contributed by atoms with Gasteiger partial charge in [0.25, 0.3) is 0 Å². The summed E-state index contributed by atoms with van der Waals surface area (Å²) in [5.74, 6) is -3.80. The van der Waals surface area contributed by atoms with Crippen LogP contribution in [-0.2, 0) is 19.6 Å². The number of hydrogen-bond donors (Lipinski definition) is 1. The van der Waals surface area contributed by atoms with E-state index in [1.165, 1.54) is 25.1 Å². The first-order chi connectivity index (χ1) is 14.0. The summed E-state index contributed by atoms with van der Waals surface area (Å²) in [7, 11) is -4.02. The van der Waals surface area contributed by atoms with Crippen LogP contribution in [0.1, 0.15) is 24.2 Å². The smallest absolute Gasteiger partial charge is 0.339 e. The number of amides is 1. The van der Waals surface area contributed by atoms with E-state index in [-0.39, 0.29) is 28.6 Å². The molecule has 2 aromatic rings. The zero-order chi connectivity index (χ0) is 22.6. The Kier molecular flexibility index (Phi) is 7.38. The van der Waals surface area contributed by atoms with Crippen molar-refractivity contribution in [1.29, 1.82) is 0 Å². The fourth-order valence-corrected chi connectivity index (χ4v) is 4.07. The number of benzene rings is 2. The molecule has 0 aliphatic heterocycles. The number of hydrogen-bond acceptors (Lipinski definition) is 5. The first-order valence-corrected chi connectivity index (χ1v) is 10.9. The molecule has 2 rings (SSSR count). The van der Waals surface area contributed by atoms with Gasteiger partial charge < -0.3 is 10.1 Å². The van der Waals surface area contributed by atoms with Crippen LogP contribution >= 0.6 is 11.6 Å². The van der Waals surface area contributed by atoms with Crippen molar-refractivity contribution in [1.82, 2.24) is 0 Å². The SMILES string of the molecule is CCOC(=O)c1ccc(NC(=O)[C@@H](C)N(c2ccc(F)c(F)c2)S(C)(=O)=O)cc1Cl. The Hall–Kier alpha value is -2.72. The third-order valence-corrected chi connectivity index (χ3v) is 5.53. The van der Waals surface area contributed by atoms with Crippen LogP contribution in [-0.4, -0.2) is 39.2 Å². The van der Waals surface area contributed by atoms with E-state index < -0.39 is 39.6 Å². The molecule has 0 unspecified atom stereocenters. The van der Waals surface area contributed by atoms with Crippen molar-refractivity contribution in [2.45, 2.75) is 19.9 Å². The van der Waals surface area contributed by atoms with Crippen LogP contribution in [0.15, 0.2) is 36.4 Å². The molecule has 30 heavy (non-hydrogen) atoms. The maximum Gasteiger partial charge on any atom is 0.339 e. The molecule has 0 radical (unpaired) electrons. The van der Waals surface area contributed by atoms with Gasteiger partial charge in [0.05, 0.1) is 29.1 Å². The van der Waals surface area contributed by atoms with E-state index in [0.29, 0.717) is 10.4 Å². The number of nitrogens with zero attached hydrogens (tertiary/aromatic N) is 1. The highest BCUT2D eigenvalue weighted by Crippen LogP contribution is 2.25. The minimum absolute atomic E-state index is 0.0273. The monoisotopic (exact) mass is 460 g/mol. The highest BCUT2D eigenvalue weighted by atomic mass is 35.5. The largest absolute Gasteiger partial charge is 0.462 e. The molecule has 1 atom stereocenters. The lowest BCUT2D eigenvalue weighted by Crippen LogP contribution is -2.45. The van der Waals surface area contributed by atoms with E-state index in [9.17, 15) is 26.8 Å². The number of nitrogens with one attached hydrogen (secondary N) is 1. The zero-order valence-corrected chi connectivity index (χ0v) is 17.9. The molecule has 0 aromatic heterocycles. The van der Waals surface area contributed by atoms with E-state index in [2.05, 4.69) is 5.32 Å². The lowest BCUT2D eigenvalue weighted by Gasteiger charge is -2.28. The fraction of sp³-hybridized carbons (Fsp3) is 0.263. The molecule has 0 aliphatic rings. The van der Waals surface area contributed by atoms with Gasteiger partial charge in [0.2, 0.25) is 15.9 Å². The van der Waals surface area contributed by atoms with Gasteiger partial charge in [-0.05, 0) is 44.2 Å². The molecule has 162 valence electrons. The second-order valence-corrected chi connectivity index (χ2v) is 8.50. The first kappa shape index (κ1) is 23.6. The van der Waals surface area contributed by atoms with Crippen LogP contribution in [0.3, 0.4) is 0 Å². The van der Waals surface area contributed by atoms with Gasteiger partial charge in [0.1, 0.15) is 6.04 Å². The third-order valence-electron chi connectivity index (χ3n) is 3.98. The molecule has 1 amide bonds.